The molecule has 0 amide bonds. The van der Waals surface area contributed by atoms with Gasteiger partial charge in [-0.3, -0.25) is 4.79 Å². The second kappa shape index (κ2) is 9.77. The van der Waals surface area contributed by atoms with Crippen molar-refractivity contribution in [2.24, 2.45) is 0 Å². The number of aromatic amines is 1. The van der Waals surface area contributed by atoms with Gasteiger partial charge in [-0.1, -0.05) is 18.2 Å². The van der Waals surface area contributed by atoms with E-state index in [9.17, 15) is 18.4 Å². The van der Waals surface area contributed by atoms with Crippen LogP contribution < -0.4 is 15.1 Å². The van der Waals surface area contributed by atoms with Crippen LogP contribution in [0.15, 0.2) is 47.3 Å². The summed E-state index contributed by atoms with van der Waals surface area (Å²) in [5.74, 6) is -2.59. The molecule has 0 atom stereocenters. The normalized spacial score (nSPS) is 11.0. The molecule has 0 fully saturated rings. The second-order valence-corrected chi connectivity index (χ2v) is 8.41. The minimum Gasteiger partial charge on any atom is -0.462 e. The molecule has 2 aromatic carbocycles. The maximum atomic E-state index is 14.3. The number of hydrogen-bond donors (Lipinski definition) is 1. The number of nitrogens with zero attached hydrogens (tertiary/aromatic N) is 2. The number of ether oxygens (including phenoxy) is 2. The minimum atomic E-state index is -1.02. The molecular formula is C27H25F2N3O4. The Labute approximate surface area is 206 Å². The van der Waals surface area contributed by atoms with Crippen molar-refractivity contribution in [1.82, 2.24) is 9.97 Å². The number of rotatable bonds is 6. The van der Waals surface area contributed by atoms with E-state index in [1.807, 2.05) is 18.2 Å². The molecule has 4 aromatic rings. The molecule has 0 radical (unpaired) electrons. The van der Waals surface area contributed by atoms with Gasteiger partial charge in [0.15, 0.2) is 11.6 Å². The van der Waals surface area contributed by atoms with E-state index in [0.717, 1.165) is 11.5 Å². The molecule has 4 rings (SSSR count). The lowest BCUT2D eigenvalue weighted by Crippen LogP contribution is -2.28. The number of para-hydroxylation sites is 1. The number of carbonyl (C=O) groups excluding carboxylic acids is 1. The Morgan fingerprint density at radius 2 is 1.83 bits per heavy atom. The van der Waals surface area contributed by atoms with Gasteiger partial charge in [0.1, 0.15) is 17.0 Å². The molecular weight excluding hydrogens is 468 g/mol. The number of halogens is 2. The molecule has 9 heteroatoms. The van der Waals surface area contributed by atoms with Gasteiger partial charge < -0.3 is 19.4 Å². The molecule has 0 bridgehead atoms. The molecule has 36 heavy (non-hydrogen) atoms. The Balaban J connectivity index is 2.01. The van der Waals surface area contributed by atoms with Gasteiger partial charge in [-0.15, -0.1) is 0 Å². The number of carbonyl (C=O) groups is 1. The van der Waals surface area contributed by atoms with Gasteiger partial charge >= 0.3 is 5.97 Å². The Hall–Kier alpha value is -4.27. The van der Waals surface area contributed by atoms with Gasteiger partial charge in [0.05, 0.1) is 23.4 Å². The van der Waals surface area contributed by atoms with Gasteiger partial charge in [-0.05, 0) is 45.0 Å². The number of aryl methyl sites for hydroxylation is 1. The minimum absolute atomic E-state index is 0.0222. The predicted octanol–water partition coefficient (Wildman–Crippen LogP) is 5.52. The van der Waals surface area contributed by atoms with Crippen molar-refractivity contribution in [3.63, 3.8) is 0 Å². The van der Waals surface area contributed by atoms with E-state index in [1.54, 1.807) is 45.0 Å². The van der Waals surface area contributed by atoms with Crippen LogP contribution in [0, 0.1) is 25.5 Å². The second-order valence-electron chi connectivity index (χ2n) is 8.41. The van der Waals surface area contributed by atoms with E-state index < -0.39 is 23.0 Å². The molecule has 0 aliphatic carbocycles. The number of hydrogen-bond acceptors (Lipinski definition) is 6. The van der Waals surface area contributed by atoms with Gasteiger partial charge in [0.2, 0.25) is 11.3 Å². The van der Waals surface area contributed by atoms with Crippen molar-refractivity contribution in [2.75, 3.05) is 25.6 Å². The fourth-order valence-electron chi connectivity index (χ4n) is 3.99. The van der Waals surface area contributed by atoms with E-state index in [-0.39, 0.29) is 35.1 Å². The summed E-state index contributed by atoms with van der Waals surface area (Å²) in [5, 5.41) is 0.763. The fourth-order valence-corrected chi connectivity index (χ4v) is 3.99. The Bertz CT molecular complexity index is 1550. The molecule has 0 unspecified atom stereocenters. The zero-order valence-electron chi connectivity index (χ0n) is 20.5. The third-order valence-corrected chi connectivity index (χ3v) is 5.75. The Morgan fingerprint density at radius 1 is 1.11 bits per heavy atom. The zero-order valence-corrected chi connectivity index (χ0v) is 20.5. The third-order valence-electron chi connectivity index (χ3n) is 5.75. The first-order chi connectivity index (χ1) is 17.1. The van der Waals surface area contributed by atoms with E-state index in [1.165, 1.54) is 13.0 Å². The number of aromatic nitrogens is 2. The standard InChI is InChI=1S/C27H25F2N3O4/c1-6-35-27(34)21-15(3)30-23(24(25(21)33)32(4)5)17-13-16-9-7-8-10-19(16)31-26(17)36-20-12-11-18(28)22(29)14(20)2/h7-13H,6H2,1-5H3,(H,30,33). The molecule has 186 valence electrons. The lowest BCUT2D eigenvalue weighted by Gasteiger charge is -2.21. The Kier molecular flexibility index (Phi) is 6.74. The molecule has 0 aliphatic heterocycles. The summed E-state index contributed by atoms with van der Waals surface area (Å²) in [4.78, 5) is 35.4. The zero-order chi connectivity index (χ0) is 26.1. The van der Waals surface area contributed by atoms with Gasteiger partial charge in [-0.2, -0.15) is 0 Å². The van der Waals surface area contributed by atoms with Crippen molar-refractivity contribution in [3.05, 3.63) is 81.1 Å². The van der Waals surface area contributed by atoms with Gasteiger partial charge in [0.25, 0.3) is 0 Å². The number of fused-ring (bicyclic) bond motifs is 1. The maximum absolute atomic E-state index is 14.3. The highest BCUT2D eigenvalue weighted by Crippen LogP contribution is 2.38. The number of anilines is 1. The molecule has 2 aromatic heterocycles. The quantitative estimate of drug-likeness (QED) is 0.356. The van der Waals surface area contributed by atoms with Crippen molar-refractivity contribution in [3.8, 4) is 22.9 Å². The van der Waals surface area contributed by atoms with Gasteiger partial charge in [0, 0.05) is 30.7 Å². The van der Waals surface area contributed by atoms with Crippen molar-refractivity contribution in [1.29, 1.82) is 0 Å². The molecule has 7 nitrogen and oxygen atoms in total. The maximum Gasteiger partial charge on any atom is 0.343 e. The van der Waals surface area contributed by atoms with Crippen molar-refractivity contribution in [2.45, 2.75) is 20.8 Å². The summed E-state index contributed by atoms with van der Waals surface area (Å²) in [5.41, 5.74) is 1.21. The average Bonchev–Trinajstić information content (AvgIpc) is 2.83. The first-order valence-electron chi connectivity index (χ1n) is 11.3. The molecule has 0 saturated carbocycles. The van der Waals surface area contributed by atoms with E-state index in [4.69, 9.17) is 9.47 Å². The van der Waals surface area contributed by atoms with E-state index in [0.29, 0.717) is 22.5 Å². The van der Waals surface area contributed by atoms with Crippen LogP contribution in [0.5, 0.6) is 11.6 Å². The van der Waals surface area contributed by atoms with Crippen molar-refractivity contribution >= 4 is 22.6 Å². The monoisotopic (exact) mass is 493 g/mol. The highest BCUT2D eigenvalue weighted by Gasteiger charge is 2.26. The third kappa shape index (κ3) is 4.39. The molecule has 0 saturated heterocycles. The largest absolute Gasteiger partial charge is 0.462 e. The first-order valence-corrected chi connectivity index (χ1v) is 11.3. The smallest absolute Gasteiger partial charge is 0.343 e. The van der Waals surface area contributed by atoms with Crippen LogP contribution in [-0.4, -0.2) is 36.6 Å². The van der Waals surface area contributed by atoms with Crippen LogP contribution >= 0.6 is 0 Å². The fraction of sp³-hybridized carbons (Fsp3) is 0.222. The van der Waals surface area contributed by atoms with Crippen LogP contribution in [0.2, 0.25) is 0 Å². The highest BCUT2D eigenvalue weighted by atomic mass is 19.2. The first kappa shape index (κ1) is 24.8. The van der Waals surface area contributed by atoms with Gasteiger partial charge in [-0.25, -0.2) is 18.6 Å². The average molecular weight is 494 g/mol. The number of benzene rings is 2. The number of esters is 1. The van der Waals surface area contributed by atoms with Crippen LogP contribution in [0.25, 0.3) is 22.2 Å². The topological polar surface area (TPSA) is 84.5 Å². The van der Waals surface area contributed by atoms with Crippen LogP contribution in [0.1, 0.15) is 28.5 Å². The Morgan fingerprint density at radius 3 is 2.53 bits per heavy atom. The van der Waals surface area contributed by atoms with Crippen LogP contribution in [0.3, 0.4) is 0 Å². The molecule has 0 spiro atoms. The van der Waals surface area contributed by atoms with Crippen molar-refractivity contribution < 1.29 is 23.0 Å². The lowest BCUT2D eigenvalue weighted by atomic mass is 10.0. The summed E-state index contributed by atoms with van der Waals surface area (Å²) in [6, 6.07) is 11.4. The lowest BCUT2D eigenvalue weighted by molar-refractivity contribution is 0.0523. The number of nitrogens with one attached hydrogen (secondary N) is 1. The number of pyridine rings is 2. The summed E-state index contributed by atoms with van der Waals surface area (Å²) < 4.78 is 39.1. The molecule has 0 aliphatic rings. The van der Waals surface area contributed by atoms with Crippen LogP contribution in [0.4, 0.5) is 14.5 Å². The highest BCUT2D eigenvalue weighted by molar-refractivity contribution is 5.95. The summed E-state index contributed by atoms with van der Waals surface area (Å²) in [6.07, 6.45) is 0. The number of H-pyrrole nitrogens is 1. The van der Waals surface area contributed by atoms with Crippen LogP contribution in [-0.2, 0) is 4.74 Å². The molecule has 2 heterocycles. The summed E-state index contributed by atoms with van der Waals surface area (Å²) in [7, 11) is 3.35. The van der Waals surface area contributed by atoms with E-state index >= 15 is 0 Å². The summed E-state index contributed by atoms with van der Waals surface area (Å²) in [6.45, 7) is 4.79. The summed E-state index contributed by atoms with van der Waals surface area (Å²) >= 11 is 0. The van der Waals surface area contributed by atoms with E-state index in [2.05, 4.69) is 9.97 Å². The molecule has 1 N–H and O–H groups in total. The SMILES string of the molecule is CCOC(=O)c1c(C)[nH]c(-c2cc3ccccc3nc2Oc2ccc(F)c(F)c2C)c(N(C)C)c1=O. The predicted molar refractivity (Wildman–Crippen MR) is 134 cm³/mol.